The Morgan fingerprint density at radius 1 is 1.10 bits per heavy atom. The first-order valence-corrected chi connectivity index (χ1v) is 6.74. The fraction of sp³-hybridized carbons (Fsp3) is 0.400. The maximum absolute atomic E-state index is 12.1. The van der Waals surface area contributed by atoms with Gasteiger partial charge in [0.2, 0.25) is 0 Å². The molecule has 1 aliphatic heterocycles. The number of hydrogen-bond acceptors (Lipinski definition) is 3. The number of hydrogen-bond donors (Lipinski definition) is 1. The maximum Gasteiger partial charge on any atom is 1.00 e. The SMILES string of the molecule is CCCC1(CCc2ccccc2)C(=O)[N-]C(=O)NC1=O.[Na+]. The smallest absolute Gasteiger partial charge is 0.394 e. The topological polar surface area (TPSA) is 77.3 Å². The molecule has 106 valence electrons. The minimum absolute atomic E-state index is 0. The quantitative estimate of drug-likeness (QED) is 0.591. The first kappa shape index (κ1) is 17.9. The summed E-state index contributed by atoms with van der Waals surface area (Å²) in [5, 5.41) is 5.56. The second kappa shape index (κ2) is 7.73. The van der Waals surface area contributed by atoms with E-state index in [0.29, 0.717) is 25.7 Å². The van der Waals surface area contributed by atoms with E-state index in [1.165, 1.54) is 0 Å². The number of rotatable bonds is 5. The summed E-state index contributed by atoms with van der Waals surface area (Å²) >= 11 is 0. The van der Waals surface area contributed by atoms with Crippen LogP contribution in [0.5, 0.6) is 0 Å². The summed E-state index contributed by atoms with van der Waals surface area (Å²) in [6.45, 7) is 1.90. The average Bonchev–Trinajstić information content (AvgIpc) is 2.43. The van der Waals surface area contributed by atoms with Gasteiger partial charge in [-0.15, -0.1) is 0 Å². The van der Waals surface area contributed by atoms with Gasteiger partial charge in [-0.1, -0.05) is 43.7 Å². The molecule has 0 saturated carbocycles. The molecule has 1 heterocycles. The fourth-order valence-electron chi connectivity index (χ4n) is 2.54. The Morgan fingerprint density at radius 3 is 2.33 bits per heavy atom. The van der Waals surface area contributed by atoms with Crippen LogP contribution < -0.4 is 34.9 Å². The zero-order valence-electron chi connectivity index (χ0n) is 12.4. The molecule has 0 radical (unpaired) electrons. The van der Waals surface area contributed by atoms with Gasteiger partial charge in [0, 0.05) is 0 Å². The van der Waals surface area contributed by atoms with Crippen LogP contribution in [0.4, 0.5) is 4.79 Å². The van der Waals surface area contributed by atoms with Crippen molar-refractivity contribution < 1.29 is 43.9 Å². The van der Waals surface area contributed by atoms with Crippen LogP contribution in [0.15, 0.2) is 30.3 Å². The first-order valence-electron chi connectivity index (χ1n) is 6.74. The van der Waals surface area contributed by atoms with Crippen molar-refractivity contribution in [3.63, 3.8) is 0 Å². The fourth-order valence-corrected chi connectivity index (χ4v) is 2.54. The minimum Gasteiger partial charge on any atom is -0.394 e. The van der Waals surface area contributed by atoms with Crippen molar-refractivity contribution in [3.05, 3.63) is 41.2 Å². The second-order valence-corrected chi connectivity index (χ2v) is 4.99. The number of carbonyl (C=O) groups is 3. The largest absolute Gasteiger partial charge is 1.00 e. The Bertz CT molecular complexity index is 511. The Labute approximate surface area is 146 Å². The summed E-state index contributed by atoms with van der Waals surface area (Å²) in [5.41, 5.74) is -0.140. The third-order valence-corrected chi connectivity index (χ3v) is 3.63. The van der Waals surface area contributed by atoms with Crippen molar-refractivity contribution in [1.29, 1.82) is 0 Å². The van der Waals surface area contributed by atoms with E-state index in [2.05, 4.69) is 10.6 Å². The van der Waals surface area contributed by atoms with Gasteiger partial charge < -0.3 is 10.6 Å². The van der Waals surface area contributed by atoms with Crippen molar-refractivity contribution in [2.24, 2.45) is 5.41 Å². The summed E-state index contributed by atoms with van der Waals surface area (Å²) in [7, 11) is 0. The molecule has 1 aromatic carbocycles. The van der Waals surface area contributed by atoms with Gasteiger partial charge in [-0.3, -0.25) is 14.4 Å². The number of barbiturate groups is 1. The summed E-state index contributed by atoms with van der Waals surface area (Å²) in [4.78, 5) is 35.4. The maximum atomic E-state index is 12.1. The van der Waals surface area contributed by atoms with Crippen LogP contribution in [-0.4, -0.2) is 17.8 Å². The van der Waals surface area contributed by atoms with Crippen LogP contribution in [0.1, 0.15) is 31.7 Å². The summed E-state index contributed by atoms with van der Waals surface area (Å²) in [6, 6.07) is 8.79. The zero-order chi connectivity index (χ0) is 14.6. The van der Waals surface area contributed by atoms with Gasteiger partial charge in [-0.05, 0) is 24.8 Å². The van der Waals surface area contributed by atoms with Gasteiger partial charge in [0.1, 0.15) is 0 Å². The molecule has 1 saturated heterocycles. The number of imide groups is 2. The molecule has 1 unspecified atom stereocenters. The van der Waals surface area contributed by atoms with E-state index in [0.717, 1.165) is 5.56 Å². The van der Waals surface area contributed by atoms with E-state index in [1.54, 1.807) is 0 Å². The van der Waals surface area contributed by atoms with Gasteiger partial charge in [-0.25, -0.2) is 0 Å². The van der Waals surface area contributed by atoms with Crippen LogP contribution in [0.3, 0.4) is 0 Å². The molecule has 1 fully saturated rings. The third-order valence-electron chi connectivity index (χ3n) is 3.63. The van der Waals surface area contributed by atoms with Crippen LogP contribution in [0, 0.1) is 5.41 Å². The summed E-state index contributed by atoms with van der Waals surface area (Å²) in [6.07, 6.45) is 2.05. The molecule has 0 aliphatic carbocycles. The number of benzene rings is 1. The molecular weight excluding hydrogens is 279 g/mol. The number of nitrogens with zero attached hydrogens (tertiary/aromatic N) is 1. The molecule has 21 heavy (non-hydrogen) atoms. The van der Waals surface area contributed by atoms with E-state index in [4.69, 9.17) is 0 Å². The van der Waals surface area contributed by atoms with E-state index < -0.39 is 23.3 Å². The molecule has 2 rings (SSSR count). The normalized spacial score (nSPS) is 21.3. The van der Waals surface area contributed by atoms with Crippen LogP contribution in [0.25, 0.3) is 5.32 Å². The molecule has 6 heteroatoms. The number of nitrogens with one attached hydrogen (secondary N) is 1. The van der Waals surface area contributed by atoms with E-state index in [-0.39, 0.29) is 29.6 Å². The average molecular weight is 296 g/mol. The van der Waals surface area contributed by atoms with Crippen molar-refractivity contribution in [1.82, 2.24) is 5.32 Å². The van der Waals surface area contributed by atoms with Crippen LogP contribution in [0.2, 0.25) is 0 Å². The number of aryl methyl sites for hydroxylation is 1. The Balaban J connectivity index is 0.00000220. The number of carbonyl (C=O) groups excluding carboxylic acids is 3. The molecule has 0 bridgehead atoms. The number of urea groups is 1. The van der Waals surface area contributed by atoms with Gasteiger partial charge in [0.05, 0.1) is 5.41 Å². The third kappa shape index (κ3) is 3.93. The predicted molar refractivity (Wildman–Crippen MR) is 74.0 cm³/mol. The summed E-state index contributed by atoms with van der Waals surface area (Å²) in [5.74, 6) is -1.12. The molecule has 1 N–H and O–H groups in total. The molecule has 0 aromatic heterocycles. The standard InChI is InChI=1S/C15H18N2O3.Na/c1-2-9-15(10-8-11-6-4-3-5-7-11)12(18)16-14(20)17-13(15)19;/h3-7H,2,8-10H2,1H3,(H2,16,17,18,19,20);/q;+1/p-1. The monoisotopic (exact) mass is 296 g/mol. The summed E-state index contributed by atoms with van der Waals surface area (Å²) < 4.78 is 0. The molecular formula is C15H17N2NaO3. The van der Waals surface area contributed by atoms with Gasteiger partial charge >= 0.3 is 29.6 Å². The Kier molecular flexibility index (Phi) is 6.58. The first-order chi connectivity index (χ1) is 9.58. The molecule has 1 aromatic rings. The van der Waals surface area contributed by atoms with Crippen molar-refractivity contribution in [2.75, 3.05) is 0 Å². The zero-order valence-corrected chi connectivity index (χ0v) is 14.4. The Hall–Kier alpha value is -1.17. The van der Waals surface area contributed by atoms with Gasteiger partial charge in [0.15, 0.2) is 17.8 Å². The van der Waals surface area contributed by atoms with Gasteiger partial charge in [-0.2, -0.15) is 0 Å². The van der Waals surface area contributed by atoms with E-state index >= 15 is 0 Å². The molecule has 1 atom stereocenters. The van der Waals surface area contributed by atoms with Crippen molar-refractivity contribution >= 4 is 17.8 Å². The van der Waals surface area contributed by atoms with E-state index in [9.17, 15) is 14.4 Å². The second-order valence-electron chi connectivity index (χ2n) is 4.99. The Morgan fingerprint density at radius 2 is 1.76 bits per heavy atom. The van der Waals surface area contributed by atoms with Gasteiger partial charge in [0.25, 0.3) is 0 Å². The van der Waals surface area contributed by atoms with Crippen molar-refractivity contribution in [2.45, 2.75) is 32.6 Å². The van der Waals surface area contributed by atoms with Crippen LogP contribution >= 0.6 is 0 Å². The molecule has 1 aliphatic rings. The molecule has 5 nitrogen and oxygen atoms in total. The minimum atomic E-state index is -1.20. The number of amides is 4. The van der Waals surface area contributed by atoms with Crippen LogP contribution in [-0.2, 0) is 16.0 Å². The van der Waals surface area contributed by atoms with Crippen molar-refractivity contribution in [3.8, 4) is 0 Å². The van der Waals surface area contributed by atoms with E-state index in [1.807, 2.05) is 37.3 Å². The molecule has 0 spiro atoms. The predicted octanol–water partition coefficient (Wildman–Crippen LogP) is -0.440. The molecule has 4 amide bonds.